The highest BCUT2D eigenvalue weighted by Crippen LogP contribution is 2.43. The fraction of sp³-hybridized carbons (Fsp3) is 0.846. The highest BCUT2D eigenvalue weighted by Gasteiger charge is 2.42. The minimum absolute atomic E-state index is 0.179. The van der Waals surface area contributed by atoms with E-state index in [9.17, 15) is 5.11 Å². The lowest BCUT2D eigenvalue weighted by atomic mass is 9.98. The first-order valence-electron chi connectivity index (χ1n) is 6.93. The van der Waals surface area contributed by atoms with Crippen molar-refractivity contribution in [3.63, 3.8) is 0 Å². The molecule has 1 N–H and O–H groups in total. The maximum atomic E-state index is 9.42. The van der Waals surface area contributed by atoms with Gasteiger partial charge in [-0.05, 0) is 32.6 Å². The van der Waals surface area contributed by atoms with Gasteiger partial charge in [0.15, 0.2) is 0 Å². The van der Waals surface area contributed by atoms with Gasteiger partial charge in [0.25, 0.3) is 0 Å². The van der Waals surface area contributed by atoms with Crippen LogP contribution in [0.5, 0.6) is 0 Å². The van der Waals surface area contributed by atoms with Crippen molar-refractivity contribution in [1.29, 1.82) is 0 Å². The van der Waals surface area contributed by atoms with Crippen LogP contribution in [0.15, 0.2) is 6.20 Å². The van der Waals surface area contributed by atoms with Gasteiger partial charge >= 0.3 is 0 Å². The first-order valence-corrected chi connectivity index (χ1v) is 6.93. The van der Waals surface area contributed by atoms with Gasteiger partial charge in [0.05, 0.1) is 30.6 Å². The van der Waals surface area contributed by atoms with E-state index < -0.39 is 6.10 Å². The molecule has 18 heavy (non-hydrogen) atoms. The van der Waals surface area contributed by atoms with Crippen LogP contribution in [0.25, 0.3) is 0 Å². The molecule has 1 saturated carbocycles. The molecule has 2 unspecified atom stereocenters. The fourth-order valence-electron chi connectivity index (χ4n) is 3.21. The summed E-state index contributed by atoms with van der Waals surface area (Å²) in [4.78, 5) is 0. The topological polar surface area (TPSA) is 60.2 Å². The van der Waals surface area contributed by atoms with Crippen LogP contribution in [0.4, 0.5) is 0 Å². The number of aliphatic hydroxyl groups excluding tert-OH is 1. The van der Waals surface area contributed by atoms with E-state index in [2.05, 4.69) is 10.3 Å². The Morgan fingerprint density at radius 3 is 2.94 bits per heavy atom. The number of ether oxygens (including phenoxy) is 1. The highest BCUT2D eigenvalue weighted by atomic mass is 16.5. The van der Waals surface area contributed by atoms with Crippen molar-refractivity contribution < 1.29 is 9.84 Å². The van der Waals surface area contributed by atoms with Gasteiger partial charge in [-0.25, -0.2) is 4.68 Å². The summed E-state index contributed by atoms with van der Waals surface area (Å²) in [5.74, 6) is 0. The van der Waals surface area contributed by atoms with Crippen molar-refractivity contribution in [1.82, 2.24) is 15.0 Å². The molecule has 2 aliphatic rings. The molecule has 2 heterocycles. The molecule has 3 rings (SSSR count). The molecule has 0 radical (unpaired) electrons. The van der Waals surface area contributed by atoms with Crippen molar-refractivity contribution in [3.05, 3.63) is 11.9 Å². The van der Waals surface area contributed by atoms with Crippen LogP contribution in [0, 0.1) is 0 Å². The molecule has 0 amide bonds. The summed E-state index contributed by atoms with van der Waals surface area (Å²) in [5.41, 5.74) is 0.807. The highest BCUT2D eigenvalue weighted by molar-refractivity contribution is 4.97. The van der Waals surface area contributed by atoms with Gasteiger partial charge < -0.3 is 9.84 Å². The molecule has 2 fully saturated rings. The summed E-state index contributed by atoms with van der Waals surface area (Å²) in [5, 5.41) is 17.4. The first-order chi connectivity index (χ1) is 8.67. The van der Waals surface area contributed by atoms with Gasteiger partial charge in [0, 0.05) is 0 Å². The largest absolute Gasteiger partial charge is 0.387 e. The monoisotopic (exact) mass is 251 g/mol. The number of rotatable bonds is 3. The second-order valence-electron chi connectivity index (χ2n) is 5.71. The van der Waals surface area contributed by atoms with Gasteiger partial charge in [0.1, 0.15) is 5.69 Å². The third-order valence-corrected chi connectivity index (χ3v) is 4.23. The molecule has 1 aromatic rings. The molecule has 5 nitrogen and oxygen atoms in total. The quantitative estimate of drug-likeness (QED) is 0.890. The zero-order chi connectivity index (χ0) is 12.6. The Kier molecular flexibility index (Phi) is 3.11. The maximum absolute atomic E-state index is 9.42. The standard InChI is InChI=1S/C13H21N3O2/c1-10(17)12-9-16(15-14-12)8-11-4-7-13(18-11)5-2-3-6-13/h9-11,17H,2-8H2,1H3. The van der Waals surface area contributed by atoms with E-state index in [1.54, 1.807) is 11.6 Å². The van der Waals surface area contributed by atoms with E-state index in [0.29, 0.717) is 5.69 Å². The summed E-state index contributed by atoms with van der Waals surface area (Å²) < 4.78 is 8.02. The average Bonchev–Trinajstić information content (AvgIpc) is 3.03. The molecular formula is C13H21N3O2. The minimum atomic E-state index is -0.551. The number of aliphatic hydroxyl groups is 1. The third-order valence-electron chi connectivity index (χ3n) is 4.23. The molecular weight excluding hydrogens is 230 g/mol. The molecule has 5 heteroatoms. The molecule has 1 aliphatic heterocycles. The second kappa shape index (κ2) is 4.63. The predicted octanol–water partition coefficient (Wildman–Crippen LogP) is 1.82. The Labute approximate surface area is 107 Å². The normalized spacial score (nSPS) is 28.0. The van der Waals surface area contributed by atoms with E-state index in [1.807, 2.05) is 6.20 Å². The van der Waals surface area contributed by atoms with E-state index in [1.165, 1.54) is 32.1 Å². The van der Waals surface area contributed by atoms with Crippen molar-refractivity contribution in [2.75, 3.05) is 0 Å². The van der Waals surface area contributed by atoms with Gasteiger partial charge in [-0.15, -0.1) is 5.10 Å². The molecule has 1 aliphatic carbocycles. The Balaban J connectivity index is 1.60. The van der Waals surface area contributed by atoms with Crippen LogP contribution >= 0.6 is 0 Å². The lowest BCUT2D eigenvalue weighted by molar-refractivity contribution is -0.0430. The molecule has 2 atom stereocenters. The zero-order valence-electron chi connectivity index (χ0n) is 10.9. The summed E-state index contributed by atoms with van der Waals surface area (Å²) in [6, 6.07) is 0. The summed E-state index contributed by atoms with van der Waals surface area (Å²) >= 11 is 0. The maximum Gasteiger partial charge on any atom is 0.111 e. The van der Waals surface area contributed by atoms with E-state index >= 15 is 0 Å². The smallest absolute Gasteiger partial charge is 0.111 e. The second-order valence-corrected chi connectivity index (χ2v) is 5.71. The molecule has 1 saturated heterocycles. The predicted molar refractivity (Wildman–Crippen MR) is 66.0 cm³/mol. The van der Waals surface area contributed by atoms with Crippen molar-refractivity contribution in [3.8, 4) is 0 Å². The van der Waals surface area contributed by atoms with E-state index in [0.717, 1.165) is 13.0 Å². The van der Waals surface area contributed by atoms with Crippen LogP contribution < -0.4 is 0 Å². The first kappa shape index (κ1) is 12.1. The van der Waals surface area contributed by atoms with Crippen molar-refractivity contribution in [2.24, 2.45) is 0 Å². The molecule has 0 bridgehead atoms. The average molecular weight is 251 g/mol. The van der Waals surface area contributed by atoms with Gasteiger partial charge in [-0.1, -0.05) is 18.1 Å². The van der Waals surface area contributed by atoms with Crippen LogP contribution in [0.1, 0.15) is 57.2 Å². The third kappa shape index (κ3) is 2.29. The minimum Gasteiger partial charge on any atom is -0.387 e. The lowest BCUT2D eigenvalue weighted by Gasteiger charge is -2.23. The van der Waals surface area contributed by atoms with Crippen molar-refractivity contribution in [2.45, 2.75) is 69.8 Å². The summed E-state index contributed by atoms with van der Waals surface area (Å²) in [6.07, 6.45) is 8.88. The van der Waals surface area contributed by atoms with Crippen LogP contribution in [0.3, 0.4) is 0 Å². The van der Waals surface area contributed by atoms with Crippen LogP contribution in [-0.2, 0) is 11.3 Å². The number of hydrogen-bond donors (Lipinski definition) is 1. The number of nitrogens with zero attached hydrogens (tertiary/aromatic N) is 3. The number of hydrogen-bond acceptors (Lipinski definition) is 4. The molecule has 0 aromatic carbocycles. The van der Waals surface area contributed by atoms with Gasteiger partial charge in [-0.3, -0.25) is 0 Å². The summed E-state index contributed by atoms with van der Waals surface area (Å²) in [7, 11) is 0. The zero-order valence-corrected chi connectivity index (χ0v) is 10.9. The fourth-order valence-corrected chi connectivity index (χ4v) is 3.21. The Morgan fingerprint density at radius 2 is 2.28 bits per heavy atom. The van der Waals surface area contributed by atoms with E-state index in [4.69, 9.17) is 4.74 Å². The van der Waals surface area contributed by atoms with Crippen LogP contribution in [0.2, 0.25) is 0 Å². The van der Waals surface area contributed by atoms with Crippen molar-refractivity contribution >= 4 is 0 Å². The lowest BCUT2D eigenvalue weighted by Crippen LogP contribution is -2.26. The Hall–Kier alpha value is -0.940. The number of aromatic nitrogens is 3. The van der Waals surface area contributed by atoms with Gasteiger partial charge in [0.2, 0.25) is 0 Å². The van der Waals surface area contributed by atoms with Gasteiger partial charge in [-0.2, -0.15) is 0 Å². The molecule has 1 aromatic heterocycles. The van der Waals surface area contributed by atoms with E-state index in [-0.39, 0.29) is 11.7 Å². The molecule has 1 spiro atoms. The summed E-state index contributed by atoms with van der Waals surface area (Å²) in [6.45, 7) is 2.45. The SMILES string of the molecule is CC(O)c1cn(CC2CCC3(CCCC3)O2)nn1. The molecule has 100 valence electrons. The Morgan fingerprint density at radius 1 is 1.50 bits per heavy atom. The van der Waals surface area contributed by atoms with Crippen LogP contribution in [-0.4, -0.2) is 31.8 Å². The Bertz CT molecular complexity index is 410.